The fourth-order valence-electron chi connectivity index (χ4n) is 2.03. The Morgan fingerprint density at radius 1 is 1.25 bits per heavy atom. The highest BCUT2D eigenvalue weighted by Gasteiger charge is 2.20. The van der Waals surface area contributed by atoms with Crippen LogP contribution in [0.25, 0.3) is 0 Å². The third kappa shape index (κ3) is 4.87. The summed E-state index contributed by atoms with van der Waals surface area (Å²) in [5.74, 6) is 0.699. The van der Waals surface area contributed by atoms with Gasteiger partial charge in [0.15, 0.2) is 0 Å². The summed E-state index contributed by atoms with van der Waals surface area (Å²) in [6, 6.07) is 5.93. The van der Waals surface area contributed by atoms with Gasteiger partial charge in [-0.25, -0.2) is 0 Å². The Balaban J connectivity index is 2.98. The van der Waals surface area contributed by atoms with E-state index in [0.717, 1.165) is 16.9 Å². The van der Waals surface area contributed by atoms with Gasteiger partial charge in [0.05, 0.1) is 19.1 Å². The van der Waals surface area contributed by atoms with Crippen molar-refractivity contribution in [3.63, 3.8) is 0 Å². The highest BCUT2D eigenvalue weighted by molar-refractivity contribution is 5.73. The van der Waals surface area contributed by atoms with Gasteiger partial charge >= 0.3 is 5.97 Å². The SMILES string of the molecule is CCOc1ccc(CC(=O)OC(C)C)cc1C(C)(C)C. The summed E-state index contributed by atoms with van der Waals surface area (Å²) in [4.78, 5) is 11.7. The fraction of sp³-hybridized carbons (Fsp3) is 0.588. The lowest BCUT2D eigenvalue weighted by Gasteiger charge is -2.23. The highest BCUT2D eigenvalue weighted by Crippen LogP contribution is 2.32. The largest absolute Gasteiger partial charge is 0.494 e. The van der Waals surface area contributed by atoms with Gasteiger partial charge < -0.3 is 9.47 Å². The Morgan fingerprint density at radius 3 is 2.40 bits per heavy atom. The predicted molar refractivity (Wildman–Crippen MR) is 81.2 cm³/mol. The van der Waals surface area contributed by atoms with Crippen LogP contribution in [0.5, 0.6) is 5.75 Å². The average molecular weight is 278 g/mol. The van der Waals surface area contributed by atoms with Crippen LogP contribution in [0.4, 0.5) is 0 Å². The van der Waals surface area contributed by atoms with Gasteiger partial charge in [0.2, 0.25) is 0 Å². The zero-order valence-corrected chi connectivity index (χ0v) is 13.4. The second kappa shape index (κ2) is 6.78. The number of carbonyl (C=O) groups excluding carboxylic acids is 1. The van der Waals surface area contributed by atoms with Gasteiger partial charge in [-0.1, -0.05) is 32.9 Å². The molecule has 0 saturated heterocycles. The van der Waals surface area contributed by atoms with Crippen molar-refractivity contribution in [3.05, 3.63) is 29.3 Å². The maximum Gasteiger partial charge on any atom is 0.310 e. The van der Waals surface area contributed by atoms with Crippen molar-refractivity contribution in [2.75, 3.05) is 6.61 Å². The summed E-state index contributed by atoms with van der Waals surface area (Å²) >= 11 is 0. The van der Waals surface area contributed by atoms with Crippen LogP contribution >= 0.6 is 0 Å². The van der Waals surface area contributed by atoms with Gasteiger partial charge in [0, 0.05) is 0 Å². The van der Waals surface area contributed by atoms with Crippen LogP contribution < -0.4 is 4.74 Å². The van der Waals surface area contributed by atoms with Gasteiger partial charge in [-0.05, 0) is 43.4 Å². The second-order valence-corrected chi connectivity index (χ2v) is 6.23. The quantitative estimate of drug-likeness (QED) is 0.767. The van der Waals surface area contributed by atoms with E-state index in [-0.39, 0.29) is 17.5 Å². The van der Waals surface area contributed by atoms with Gasteiger partial charge in [-0.15, -0.1) is 0 Å². The first-order chi connectivity index (χ1) is 9.24. The molecule has 1 aromatic carbocycles. The monoisotopic (exact) mass is 278 g/mol. The van der Waals surface area contributed by atoms with E-state index in [1.807, 2.05) is 39.0 Å². The van der Waals surface area contributed by atoms with Crippen molar-refractivity contribution in [1.29, 1.82) is 0 Å². The predicted octanol–water partition coefficient (Wildman–Crippen LogP) is 3.88. The summed E-state index contributed by atoms with van der Waals surface area (Å²) in [5, 5.41) is 0. The van der Waals surface area contributed by atoms with Gasteiger partial charge in [0.1, 0.15) is 5.75 Å². The van der Waals surface area contributed by atoms with E-state index in [0.29, 0.717) is 13.0 Å². The Morgan fingerprint density at radius 2 is 1.90 bits per heavy atom. The number of carbonyl (C=O) groups is 1. The van der Waals surface area contributed by atoms with E-state index >= 15 is 0 Å². The number of hydrogen-bond acceptors (Lipinski definition) is 3. The highest BCUT2D eigenvalue weighted by atomic mass is 16.5. The molecule has 0 aromatic heterocycles. The molecule has 1 aromatic rings. The lowest BCUT2D eigenvalue weighted by Crippen LogP contribution is -2.16. The van der Waals surface area contributed by atoms with Gasteiger partial charge in [-0.3, -0.25) is 4.79 Å². The maximum absolute atomic E-state index is 11.7. The molecule has 112 valence electrons. The molecule has 0 amide bonds. The second-order valence-electron chi connectivity index (χ2n) is 6.23. The van der Waals surface area contributed by atoms with Crippen molar-refractivity contribution < 1.29 is 14.3 Å². The first-order valence-electron chi connectivity index (χ1n) is 7.19. The third-order valence-electron chi connectivity index (χ3n) is 2.87. The molecule has 0 bridgehead atoms. The Hall–Kier alpha value is -1.51. The van der Waals surface area contributed by atoms with Crippen LogP contribution in [0, 0.1) is 0 Å². The van der Waals surface area contributed by atoms with Crippen molar-refractivity contribution in [2.45, 2.75) is 59.5 Å². The van der Waals surface area contributed by atoms with Crippen LogP contribution in [0.2, 0.25) is 0 Å². The van der Waals surface area contributed by atoms with E-state index in [4.69, 9.17) is 9.47 Å². The lowest BCUT2D eigenvalue weighted by atomic mass is 9.85. The van der Waals surface area contributed by atoms with Crippen molar-refractivity contribution in [1.82, 2.24) is 0 Å². The molecule has 0 radical (unpaired) electrons. The van der Waals surface area contributed by atoms with Crippen molar-refractivity contribution in [3.8, 4) is 5.75 Å². The van der Waals surface area contributed by atoms with Crippen LogP contribution in [-0.4, -0.2) is 18.7 Å². The molecule has 0 unspecified atom stereocenters. The topological polar surface area (TPSA) is 35.5 Å². The summed E-state index contributed by atoms with van der Waals surface area (Å²) < 4.78 is 10.9. The minimum atomic E-state index is -0.191. The smallest absolute Gasteiger partial charge is 0.310 e. The van der Waals surface area contributed by atoms with Crippen LogP contribution in [0.15, 0.2) is 18.2 Å². The molecule has 0 saturated carbocycles. The summed E-state index contributed by atoms with van der Waals surface area (Å²) in [6.45, 7) is 12.7. The number of benzene rings is 1. The molecular weight excluding hydrogens is 252 g/mol. The molecule has 0 aliphatic carbocycles. The molecule has 20 heavy (non-hydrogen) atoms. The number of esters is 1. The summed E-state index contributed by atoms with van der Waals surface area (Å²) in [5.41, 5.74) is 2.06. The molecule has 0 spiro atoms. The van der Waals surface area contributed by atoms with Crippen LogP contribution in [0.3, 0.4) is 0 Å². The molecule has 1 rings (SSSR count). The third-order valence-corrected chi connectivity index (χ3v) is 2.87. The van der Waals surface area contributed by atoms with Crippen LogP contribution in [0.1, 0.15) is 52.7 Å². The average Bonchev–Trinajstić information content (AvgIpc) is 2.28. The van der Waals surface area contributed by atoms with E-state index < -0.39 is 0 Å². The molecule has 0 N–H and O–H groups in total. The Labute approximate surface area is 122 Å². The van der Waals surface area contributed by atoms with Crippen molar-refractivity contribution in [2.24, 2.45) is 0 Å². The molecule has 0 aliphatic rings. The number of hydrogen-bond donors (Lipinski definition) is 0. The number of ether oxygens (including phenoxy) is 2. The van der Waals surface area contributed by atoms with E-state index in [1.54, 1.807) is 0 Å². The molecule has 0 aliphatic heterocycles. The summed E-state index contributed by atoms with van der Waals surface area (Å²) in [7, 11) is 0. The fourth-order valence-corrected chi connectivity index (χ4v) is 2.03. The molecule has 0 heterocycles. The number of rotatable bonds is 5. The van der Waals surface area contributed by atoms with Gasteiger partial charge in [0.25, 0.3) is 0 Å². The van der Waals surface area contributed by atoms with Crippen molar-refractivity contribution >= 4 is 5.97 Å². The first-order valence-corrected chi connectivity index (χ1v) is 7.19. The normalized spacial score (nSPS) is 11.6. The lowest BCUT2D eigenvalue weighted by molar-refractivity contribution is -0.146. The molecule has 0 fully saturated rings. The molecule has 3 heteroatoms. The first kappa shape index (κ1) is 16.5. The van der Waals surface area contributed by atoms with E-state index in [9.17, 15) is 4.79 Å². The zero-order chi connectivity index (χ0) is 15.3. The Bertz CT molecular complexity index is 456. The molecule has 0 atom stereocenters. The molecule has 3 nitrogen and oxygen atoms in total. The zero-order valence-electron chi connectivity index (χ0n) is 13.4. The minimum absolute atomic E-state index is 0.0253. The standard InChI is InChI=1S/C17H26O3/c1-7-19-15-9-8-13(10-14(15)17(4,5)6)11-16(18)20-12(2)3/h8-10,12H,7,11H2,1-6H3. The van der Waals surface area contributed by atoms with E-state index in [1.165, 1.54) is 0 Å². The molecular formula is C17H26O3. The van der Waals surface area contributed by atoms with Gasteiger partial charge in [-0.2, -0.15) is 0 Å². The summed E-state index contributed by atoms with van der Waals surface area (Å²) in [6.07, 6.45) is 0.223. The maximum atomic E-state index is 11.7. The van der Waals surface area contributed by atoms with Crippen LogP contribution in [-0.2, 0) is 21.4 Å². The Kier molecular flexibility index (Phi) is 5.61. The minimum Gasteiger partial charge on any atom is -0.494 e. The van der Waals surface area contributed by atoms with E-state index in [2.05, 4.69) is 20.8 Å².